The van der Waals surface area contributed by atoms with Crippen molar-refractivity contribution in [2.75, 3.05) is 17.8 Å². The zero-order valence-electron chi connectivity index (χ0n) is 17.9. The number of hydrogen-bond donors (Lipinski definition) is 1. The Kier molecular flexibility index (Phi) is 10.9. The minimum Gasteiger partial charge on any atom is -0.459 e. The normalized spacial score (nSPS) is 12.7. The van der Waals surface area contributed by atoms with Gasteiger partial charge in [0, 0.05) is 18.7 Å². The Hall–Kier alpha value is -1.53. The Balaban J connectivity index is 2.76. The van der Waals surface area contributed by atoms with Gasteiger partial charge in [0.2, 0.25) is 0 Å². The van der Waals surface area contributed by atoms with Gasteiger partial charge in [0.1, 0.15) is 25.8 Å². The first-order chi connectivity index (χ1) is 14.0. The van der Waals surface area contributed by atoms with Crippen molar-refractivity contribution in [2.45, 2.75) is 59.3 Å². The number of rotatable bonds is 10. The van der Waals surface area contributed by atoms with E-state index in [-0.39, 0.29) is 25.7 Å². The zero-order valence-corrected chi connectivity index (χ0v) is 19.6. The van der Waals surface area contributed by atoms with E-state index in [1.165, 1.54) is 24.1 Å². The highest BCUT2D eigenvalue weighted by Gasteiger charge is 2.29. The molecular formula is C21H35BNO5PS. The molecule has 1 aromatic carbocycles. The summed E-state index contributed by atoms with van der Waals surface area (Å²) in [5.41, 5.74) is 1.02. The van der Waals surface area contributed by atoms with Gasteiger partial charge < -0.3 is 14.8 Å². The van der Waals surface area contributed by atoms with Crippen molar-refractivity contribution in [1.29, 1.82) is 0 Å². The molecule has 0 aliphatic heterocycles. The second-order valence-corrected chi connectivity index (χ2v) is 11.8. The number of esters is 1. The Labute approximate surface area is 185 Å². The molecule has 0 bridgehead atoms. The summed E-state index contributed by atoms with van der Waals surface area (Å²) in [6, 6.07) is 8.21. The van der Waals surface area contributed by atoms with Crippen LogP contribution in [0, 0.1) is 0 Å². The summed E-state index contributed by atoms with van der Waals surface area (Å²) in [5, 5.41) is 2.42. The maximum atomic E-state index is 12.6. The van der Waals surface area contributed by atoms with E-state index in [0.29, 0.717) is 0 Å². The van der Waals surface area contributed by atoms with Gasteiger partial charge in [-0.05, 0) is 40.2 Å². The third-order valence-electron chi connectivity index (χ3n) is 3.87. The van der Waals surface area contributed by atoms with E-state index in [4.69, 9.17) is 9.47 Å². The molecule has 0 aliphatic carbocycles. The monoisotopic (exact) mass is 455 g/mol. The van der Waals surface area contributed by atoms with Gasteiger partial charge in [0.15, 0.2) is 5.12 Å². The van der Waals surface area contributed by atoms with Crippen LogP contribution >= 0.6 is 18.9 Å². The molecule has 1 N–H and O–H groups in total. The molecule has 0 saturated carbocycles. The van der Waals surface area contributed by atoms with Crippen LogP contribution < -0.4 is 5.32 Å². The molecule has 0 aromatic heterocycles. The highest BCUT2D eigenvalue weighted by molar-refractivity contribution is 8.22. The second-order valence-electron chi connectivity index (χ2n) is 7.44. The highest BCUT2D eigenvalue weighted by atomic mass is 32.2. The van der Waals surface area contributed by atoms with Crippen molar-refractivity contribution >= 4 is 43.6 Å². The first-order valence-corrected chi connectivity index (χ1v) is 12.6. The van der Waals surface area contributed by atoms with Crippen LogP contribution in [0.3, 0.4) is 0 Å². The van der Waals surface area contributed by atoms with Crippen LogP contribution in [0.1, 0.15) is 46.6 Å². The predicted molar refractivity (Wildman–Crippen MR) is 129 cm³/mol. The lowest BCUT2D eigenvalue weighted by atomic mass is 10.2. The summed E-state index contributed by atoms with van der Waals surface area (Å²) in [6.07, 6.45) is 1.52. The first kappa shape index (κ1) is 26.5. The van der Waals surface area contributed by atoms with Gasteiger partial charge in [-0.25, -0.2) is 9.59 Å². The third kappa shape index (κ3) is 10.5. The summed E-state index contributed by atoms with van der Waals surface area (Å²) < 4.78 is 10.6. The minimum absolute atomic E-state index is 0.0822. The van der Waals surface area contributed by atoms with E-state index in [2.05, 4.69) is 19.2 Å². The van der Waals surface area contributed by atoms with Crippen molar-refractivity contribution in [2.24, 2.45) is 0 Å². The predicted octanol–water partition coefficient (Wildman–Crippen LogP) is 3.57. The number of carbonyl (C=O) groups excluding carboxylic acids is 3. The summed E-state index contributed by atoms with van der Waals surface area (Å²) in [5.74, 6) is -0.635. The van der Waals surface area contributed by atoms with Gasteiger partial charge >= 0.3 is 12.1 Å². The molecule has 1 unspecified atom stereocenters. The molecule has 168 valence electrons. The maximum Gasteiger partial charge on any atom is 0.408 e. The summed E-state index contributed by atoms with van der Waals surface area (Å²) in [7, 11) is -0.702. The largest absolute Gasteiger partial charge is 0.459 e. The minimum atomic E-state index is -1.07. The average Bonchev–Trinajstić information content (AvgIpc) is 2.69. The third-order valence-corrected chi connectivity index (χ3v) is 8.13. The molecule has 1 rings (SSSR count). The maximum absolute atomic E-state index is 12.6. The van der Waals surface area contributed by atoms with Crippen molar-refractivity contribution in [3.8, 4) is 0 Å². The number of benzene rings is 1. The van der Waals surface area contributed by atoms with Gasteiger partial charge in [-0.1, -0.05) is 42.1 Å². The Morgan fingerprint density at radius 1 is 1.13 bits per heavy atom. The van der Waals surface area contributed by atoms with Crippen LogP contribution in [-0.4, -0.2) is 54.2 Å². The van der Waals surface area contributed by atoms with Gasteiger partial charge in [-0.15, -0.1) is 7.14 Å². The van der Waals surface area contributed by atoms with Crippen LogP contribution in [0.25, 0.3) is 0 Å². The number of carbonyl (C=O) groups is 3. The van der Waals surface area contributed by atoms with Crippen LogP contribution in [0.4, 0.5) is 4.79 Å². The lowest BCUT2D eigenvalue weighted by Crippen LogP contribution is -2.45. The molecular weight excluding hydrogens is 420 g/mol. The fraction of sp³-hybridized carbons (Fsp3) is 0.571. The van der Waals surface area contributed by atoms with E-state index < -0.39 is 30.8 Å². The quantitative estimate of drug-likeness (QED) is 0.330. The van der Waals surface area contributed by atoms with Gasteiger partial charge in [-0.3, -0.25) is 4.79 Å². The fourth-order valence-electron chi connectivity index (χ4n) is 2.27. The molecule has 30 heavy (non-hydrogen) atoms. The number of nitrogens with one attached hydrogen (secondary N) is 1. The van der Waals surface area contributed by atoms with E-state index in [0.717, 1.165) is 11.1 Å². The molecule has 6 nitrogen and oxygen atoms in total. The van der Waals surface area contributed by atoms with Crippen LogP contribution in [0.2, 0.25) is 0 Å². The Morgan fingerprint density at radius 3 is 2.27 bits per heavy atom. The van der Waals surface area contributed by atoms with Crippen molar-refractivity contribution < 1.29 is 23.9 Å². The number of alkyl carbamates (subject to hydrolysis) is 1. The lowest BCUT2D eigenvalue weighted by molar-refractivity contribution is -0.148. The van der Waals surface area contributed by atoms with E-state index >= 15 is 0 Å². The first-order valence-electron chi connectivity index (χ1n) is 9.72. The molecule has 1 amide bonds. The van der Waals surface area contributed by atoms with Crippen molar-refractivity contribution in [3.05, 3.63) is 35.9 Å². The highest BCUT2D eigenvalue weighted by Crippen LogP contribution is 2.55. The number of ether oxygens (including phenoxy) is 2. The molecule has 1 aromatic rings. The molecule has 1 atom stereocenters. The van der Waals surface area contributed by atoms with Gasteiger partial charge in [0.05, 0.1) is 5.49 Å². The number of thioether (sulfide) groups is 1. The number of amides is 1. The van der Waals surface area contributed by atoms with Gasteiger partial charge in [-0.2, -0.15) is 0 Å². The Bertz CT molecular complexity index is 707. The summed E-state index contributed by atoms with van der Waals surface area (Å²) >= 11 is 1.31. The van der Waals surface area contributed by atoms with Crippen molar-refractivity contribution in [1.82, 2.24) is 5.32 Å². The van der Waals surface area contributed by atoms with Crippen molar-refractivity contribution in [3.63, 3.8) is 0 Å². The van der Waals surface area contributed by atoms with Crippen LogP contribution in [0.5, 0.6) is 0 Å². The Morgan fingerprint density at radius 2 is 1.73 bits per heavy atom. The lowest BCUT2D eigenvalue weighted by Gasteiger charge is -2.26. The van der Waals surface area contributed by atoms with Gasteiger partial charge in [0.25, 0.3) is 0 Å². The molecule has 0 radical (unpaired) electrons. The topological polar surface area (TPSA) is 81.7 Å². The van der Waals surface area contributed by atoms with E-state index in [9.17, 15) is 14.4 Å². The SMILES string of the molecule is [BH3-][P+](CC)(CC)CSC(=O)CC(NC(=O)OC(C)(C)C)C(=O)OCc1ccccc1. The molecule has 9 heteroatoms. The molecule has 0 spiro atoms. The standard InChI is InChI=1S/C21H35BNO5PS/c1-6-29(22,7-2)15-30-18(24)13-17(23-20(26)28-21(3,4)5)19(25)27-14-16-11-9-8-10-12-16/h8-12,17H,6-7,13-15H2,1-5,22H3,(H,23,26). The number of hydrogen-bond acceptors (Lipinski definition) is 6. The van der Waals surface area contributed by atoms with Crippen LogP contribution in [0.15, 0.2) is 30.3 Å². The molecule has 0 heterocycles. The molecule has 0 fully saturated rings. The zero-order chi connectivity index (χ0) is 22.8. The van der Waals surface area contributed by atoms with E-state index in [1.807, 2.05) is 30.3 Å². The molecule has 0 aliphatic rings. The smallest absolute Gasteiger partial charge is 0.408 e. The van der Waals surface area contributed by atoms with E-state index in [1.54, 1.807) is 20.8 Å². The summed E-state index contributed by atoms with van der Waals surface area (Å²) in [6.45, 7) is 9.72. The molecule has 0 saturated heterocycles. The fourth-order valence-corrected chi connectivity index (χ4v) is 5.77. The van der Waals surface area contributed by atoms with Crippen LogP contribution in [-0.2, 0) is 25.7 Å². The average molecular weight is 455 g/mol. The second kappa shape index (κ2) is 12.4. The summed E-state index contributed by atoms with van der Waals surface area (Å²) in [4.78, 5) is 37.4.